The van der Waals surface area contributed by atoms with Gasteiger partial charge in [-0.05, 0) is 43.9 Å². The van der Waals surface area contributed by atoms with Crippen LogP contribution in [-0.2, 0) is 6.54 Å². The standard InChI is InChI=1S/C23H31N5O3.HI/c1-24-23(27-14-13-26-22(29)18-8-6-12-25-15-18)28-16-17-7-5-11-20(30-2)21(17)31-19-9-3-4-10-19;/h5-8,11-12,15,19H,3-4,9-10,13-14,16H2,1-2H3,(H,26,29)(H2,24,27,28);1H. The van der Waals surface area contributed by atoms with Crippen LogP contribution in [-0.4, -0.2) is 50.2 Å². The lowest BCUT2D eigenvalue weighted by molar-refractivity contribution is 0.0954. The fraction of sp³-hybridized carbons (Fsp3) is 0.435. The Bertz CT molecular complexity index is 873. The molecular weight excluding hydrogens is 521 g/mol. The number of carbonyl (C=O) groups excluding carboxylic acids is 1. The zero-order valence-corrected chi connectivity index (χ0v) is 20.9. The number of benzene rings is 1. The summed E-state index contributed by atoms with van der Waals surface area (Å²) in [7, 11) is 3.37. The Balaban J connectivity index is 0.00000363. The molecule has 0 unspecified atom stereocenters. The van der Waals surface area contributed by atoms with E-state index in [2.05, 4.69) is 25.9 Å². The van der Waals surface area contributed by atoms with Gasteiger partial charge in [-0.2, -0.15) is 0 Å². The second-order valence-corrected chi connectivity index (χ2v) is 7.32. The van der Waals surface area contributed by atoms with Crippen LogP contribution < -0.4 is 25.4 Å². The van der Waals surface area contributed by atoms with Crippen molar-refractivity contribution < 1.29 is 14.3 Å². The molecule has 0 bridgehead atoms. The van der Waals surface area contributed by atoms with E-state index in [0.717, 1.165) is 29.9 Å². The van der Waals surface area contributed by atoms with Crippen molar-refractivity contribution in [3.8, 4) is 11.5 Å². The number of pyridine rings is 1. The first-order valence-corrected chi connectivity index (χ1v) is 10.7. The van der Waals surface area contributed by atoms with Gasteiger partial charge in [0.25, 0.3) is 5.91 Å². The van der Waals surface area contributed by atoms with Crippen molar-refractivity contribution in [1.29, 1.82) is 0 Å². The molecule has 1 aliphatic carbocycles. The predicted molar refractivity (Wildman–Crippen MR) is 136 cm³/mol. The van der Waals surface area contributed by atoms with Gasteiger partial charge < -0.3 is 25.4 Å². The number of guanidine groups is 1. The molecule has 0 radical (unpaired) electrons. The lowest BCUT2D eigenvalue weighted by Gasteiger charge is -2.20. The molecule has 2 aromatic rings. The number of nitrogens with zero attached hydrogens (tertiary/aromatic N) is 2. The van der Waals surface area contributed by atoms with Crippen molar-refractivity contribution >= 4 is 35.8 Å². The highest BCUT2D eigenvalue weighted by molar-refractivity contribution is 14.0. The summed E-state index contributed by atoms with van der Waals surface area (Å²) in [6.45, 7) is 1.54. The van der Waals surface area contributed by atoms with Crippen molar-refractivity contribution in [2.24, 2.45) is 4.99 Å². The van der Waals surface area contributed by atoms with Crippen LogP contribution in [0.4, 0.5) is 0 Å². The monoisotopic (exact) mass is 553 g/mol. The second-order valence-electron chi connectivity index (χ2n) is 7.32. The Morgan fingerprint density at radius 3 is 2.59 bits per heavy atom. The van der Waals surface area contributed by atoms with E-state index < -0.39 is 0 Å². The lowest BCUT2D eigenvalue weighted by atomic mass is 10.1. The number of hydrogen-bond acceptors (Lipinski definition) is 5. The Hall–Kier alpha value is -2.56. The minimum atomic E-state index is -0.150. The van der Waals surface area contributed by atoms with Crippen LogP contribution in [0.5, 0.6) is 11.5 Å². The van der Waals surface area contributed by atoms with E-state index >= 15 is 0 Å². The first kappa shape index (κ1) is 25.7. The molecule has 3 rings (SSSR count). The zero-order chi connectivity index (χ0) is 21.9. The van der Waals surface area contributed by atoms with Crippen molar-refractivity contribution in [3.63, 3.8) is 0 Å². The second kappa shape index (κ2) is 13.8. The zero-order valence-electron chi connectivity index (χ0n) is 18.6. The predicted octanol–water partition coefficient (Wildman–Crippen LogP) is 3.12. The molecule has 1 amide bonds. The molecule has 1 aromatic carbocycles. The molecule has 1 heterocycles. The van der Waals surface area contributed by atoms with Crippen molar-refractivity contribution in [1.82, 2.24) is 20.9 Å². The van der Waals surface area contributed by atoms with Gasteiger partial charge in [-0.25, -0.2) is 0 Å². The number of methoxy groups -OCH3 is 1. The number of aromatic nitrogens is 1. The highest BCUT2D eigenvalue weighted by Crippen LogP contribution is 2.34. The van der Waals surface area contributed by atoms with Crippen LogP contribution in [0.25, 0.3) is 0 Å². The highest BCUT2D eigenvalue weighted by atomic mass is 127. The van der Waals surface area contributed by atoms with E-state index in [1.54, 1.807) is 38.7 Å². The summed E-state index contributed by atoms with van der Waals surface area (Å²) >= 11 is 0. The summed E-state index contributed by atoms with van der Waals surface area (Å²) in [5.74, 6) is 2.03. The lowest BCUT2D eigenvalue weighted by Crippen LogP contribution is -2.41. The van der Waals surface area contributed by atoms with Crippen LogP contribution in [0.2, 0.25) is 0 Å². The number of para-hydroxylation sites is 1. The molecule has 8 nitrogen and oxygen atoms in total. The summed E-state index contributed by atoms with van der Waals surface area (Å²) in [5.41, 5.74) is 1.55. The van der Waals surface area contributed by atoms with E-state index in [1.165, 1.54) is 12.8 Å². The Morgan fingerprint density at radius 2 is 1.91 bits per heavy atom. The number of rotatable bonds is 9. The van der Waals surface area contributed by atoms with E-state index in [9.17, 15) is 4.79 Å². The fourth-order valence-corrected chi connectivity index (χ4v) is 3.52. The van der Waals surface area contributed by atoms with Gasteiger partial charge in [0.1, 0.15) is 0 Å². The van der Waals surface area contributed by atoms with E-state index in [4.69, 9.17) is 9.47 Å². The minimum Gasteiger partial charge on any atom is -0.493 e. The van der Waals surface area contributed by atoms with Gasteiger partial charge in [-0.3, -0.25) is 14.8 Å². The number of nitrogens with one attached hydrogen (secondary N) is 3. The van der Waals surface area contributed by atoms with Gasteiger partial charge in [-0.15, -0.1) is 24.0 Å². The fourth-order valence-electron chi connectivity index (χ4n) is 3.52. The molecule has 1 aliphatic rings. The SMILES string of the molecule is CN=C(NCCNC(=O)c1cccnc1)NCc1cccc(OC)c1OC1CCCC1.I. The molecule has 3 N–H and O–H groups in total. The van der Waals surface area contributed by atoms with Gasteiger partial charge in [0.05, 0.1) is 18.8 Å². The Kier molecular flexibility index (Phi) is 11.1. The summed E-state index contributed by atoms with van der Waals surface area (Å²) in [4.78, 5) is 20.3. The first-order chi connectivity index (χ1) is 15.2. The molecule has 0 spiro atoms. The van der Waals surface area contributed by atoms with E-state index in [-0.39, 0.29) is 36.0 Å². The summed E-state index contributed by atoms with van der Waals surface area (Å²) in [6.07, 6.45) is 8.01. The van der Waals surface area contributed by atoms with Crippen LogP contribution in [0, 0.1) is 0 Å². The third-order valence-corrected chi connectivity index (χ3v) is 5.16. The van der Waals surface area contributed by atoms with Crippen molar-refractivity contribution in [2.75, 3.05) is 27.2 Å². The van der Waals surface area contributed by atoms with Crippen molar-refractivity contribution in [3.05, 3.63) is 53.9 Å². The number of halogens is 1. The molecule has 32 heavy (non-hydrogen) atoms. The number of carbonyl (C=O) groups is 1. The van der Waals surface area contributed by atoms with Crippen LogP contribution >= 0.6 is 24.0 Å². The number of ether oxygens (including phenoxy) is 2. The Labute approximate surface area is 206 Å². The number of aliphatic imine (C=N–C) groups is 1. The topological polar surface area (TPSA) is 96.9 Å². The molecule has 0 saturated heterocycles. The first-order valence-electron chi connectivity index (χ1n) is 10.7. The molecule has 0 atom stereocenters. The minimum absolute atomic E-state index is 0. The third-order valence-electron chi connectivity index (χ3n) is 5.16. The van der Waals surface area contributed by atoms with Gasteiger partial charge in [0.15, 0.2) is 17.5 Å². The molecular formula is C23H32IN5O3. The van der Waals surface area contributed by atoms with Crippen LogP contribution in [0.1, 0.15) is 41.6 Å². The molecule has 174 valence electrons. The van der Waals surface area contributed by atoms with Gasteiger partial charge in [0, 0.05) is 44.6 Å². The maximum Gasteiger partial charge on any atom is 0.252 e. The van der Waals surface area contributed by atoms with E-state index in [0.29, 0.717) is 31.2 Å². The smallest absolute Gasteiger partial charge is 0.252 e. The quantitative estimate of drug-likeness (QED) is 0.191. The van der Waals surface area contributed by atoms with Gasteiger partial charge in [-0.1, -0.05) is 12.1 Å². The molecule has 1 fully saturated rings. The third kappa shape index (κ3) is 7.54. The van der Waals surface area contributed by atoms with E-state index in [1.807, 2.05) is 18.2 Å². The summed E-state index contributed by atoms with van der Waals surface area (Å²) < 4.78 is 11.8. The molecule has 9 heteroatoms. The van der Waals surface area contributed by atoms with Gasteiger partial charge in [0.2, 0.25) is 0 Å². The van der Waals surface area contributed by atoms with Crippen molar-refractivity contribution in [2.45, 2.75) is 38.3 Å². The largest absolute Gasteiger partial charge is 0.493 e. The maximum atomic E-state index is 12.1. The highest BCUT2D eigenvalue weighted by Gasteiger charge is 2.20. The maximum absolute atomic E-state index is 12.1. The Morgan fingerprint density at radius 1 is 1.12 bits per heavy atom. The summed E-state index contributed by atoms with van der Waals surface area (Å²) in [6, 6.07) is 9.38. The van der Waals surface area contributed by atoms with Crippen LogP contribution in [0.3, 0.4) is 0 Å². The average molecular weight is 553 g/mol. The molecule has 1 saturated carbocycles. The molecule has 0 aliphatic heterocycles. The number of amides is 1. The van der Waals surface area contributed by atoms with Gasteiger partial charge >= 0.3 is 0 Å². The average Bonchev–Trinajstić information content (AvgIpc) is 3.33. The normalized spacial score (nSPS) is 13.8. The number of hydrogen-bond donors (Lipinski definition) is 3. The van der Waals surface area contributed by atoms with Crippen LogP contribution in [0.15, 0.2) is 47.7 Å². The molecule has 1 aromatic heterocycles. The summed E-state index contributed by atoms with van der Waals surface area (Å²) in [5, 5.41) is 9.36.